The van der Waals surface area contributed by atoms with E-state index in [2.05, 4.69) is 11.4 Å². The topological polar surface area (TPSA) is 52.9 Å². The van der Waals surface area contributed by atoms with E-state index in [1.54, 1.807) is 0 Å². The number of hydrogen-bond acceptors (Lipinski definition) is 2. The van der Waals surface area contributed by atoms with Crippen LogP contribution in [0.3, 0.4) is 0 Å². The van der Waals surface area contributed by atoms with E-state index < -0.39 is 5.41 Å². The maximum absolute atomic E-state index is 12.3. The molecular weight excluding hydrogens is 236 g/mol. The molecule has 0 aromatic heterocycles. The van der Waals surface area contributed by atoms with Gasteiger partial charge in [-0.05, 0) is 25.2 Å². The molecule has 0 heterocycles. The molecule has 108 valence electrons. The minimum Gasteiger partial charge on any atom is -0.355 e. The fourth-order valence-electron chi connectivity index (χ4n) is 3.23. The minimum atomic E-state index is -0.792. The third kappa shape index (κ3) is 4.53. The van der Waals surface area contributed by atoms with Crippen LogP contribution in [0, 0.1) is 22.7 Å². The van der Waals surface area contributed by atoms with Crippen LogP contribution in [0.25, 0.3) is 0 Å². The van der Waals surface area contributed by atoms with Crippen LogP contribution in [-0.2, 0) is 4.79 Å². The molecule has 3 nitrogen and oxygen atoms in total. The van der Waals surface area contributed by atoms with Crippen molar-refractivity contribution in [3.63, 3.8) is 0 Å². The van der Waals surface area contributed by atoms with Gasteiger partial charge in [-0.2, -0.15) is 5.26 Å². The molecule has 1 rings (SSSR count). The van der Waals surface area contributed by atoms with Crippen LogP contribution in [0.2, 0.25) is 0 Å². The first-order valence-electron chi connectivity index (χ1n) is 7.88. The van der Waals surface area contributed by atoms with Crippen LogP contribution in [0.4, 0.5) is 0 Å². The van der Waals surface area contributed by atoms with Gasteiger partial charge in [-0.3, -0.25) is 4.79 Å². The zero-order chi connectivity index (χ0) is 14.1. The molecule has 0 aliphatic heterocycles. The van der Waals surface area contributed by atoms with Crippen LogP contribution >= 0.6 is 0 Å². The Kier molecular flexibility index (Phi) is 6.91. The summed E-state index contributed by atoms with van der Waals surface area (Å²) in [6, 6.07) is 2.28. The fourth-order valence-corrected chi connectivity index (χ4v) is 3.23. The van der Waals surface area contributed by atoms with Crippen molar-refractivity contribution < 1.29 is 4.79 Å². The zero-order valence-electron chi connectivity index (χ0n) is 12.5. The lowest BCUT2D eigenvalue weighted by Gasteiger charge is -2.25. The van der Waals surface area contributed by atoms with Gasteiger partial charge in [0.25, 0.3) is 0 Å². The molecule has 19 heavy (non-hydrogen) atoms. The Balaban J connectivity index is 2.44. The summed E-state index contributed by atoms with van der Waals surface area (Å²) in [4.78, 5) is 12.3. The molecule has 1 amide bonds. The highest BCUT2D eigenvalue weighted by atomic mass is 16.2. The number of nitrogens with zero attached hydrogens (tertiary/aromatic N) is 1. The van der Waals surface area contributed by atoms with Crippen LogP contribution in [0.5, 0.6) is 0 Å². The summed E-state index contributed by atoms with van der Waals surface area (Å²) in [6.07, 6.45) is 9.48. The smallest absolute Gasteiger partial charge is 0.240 e. The molecular formula is C16H28N2O. The summed E-state index contributed by atoms with van der Waals surface area (Å²) in [6.45, 7) is 4.81. The normalized spacial score (nSPS) is 16.3. The zero-order valence-corrected chi connectivity index (χ0v) is 12.5. The minimum absolute atomic E-state index is 0.0447. The van der Waals surface area contributed by atoms with Gasteiger partial charge in [0.1, 0.15) is 5.41 Å². The van der Waals surface area contributed by atoms with Gasteiger partial charge < -0.3 is 5.32 Å². The van der Waals surface area contributed by atoms with E-state index in [0.29, 0.717) is 12.8 Å². The lowest BCUT2D eigenvalue weighted by molar-refractivity contribution is -0.128. The van der Waals surface area contributed by atoms with E-state index in [1.165, 1.54) is 25.7 Å². The summed E-state index contributed by atoms with van der Waals surface area (Å²) in [5.41, 5.74) is -0.792. The van der Waals surface area contributed by atoms with Crippen LogP contribution in [-0.4, -0.2) is 12.5 Å². The lowest BCUT2D eigenvalue weighted by Crippen LogP contribution is -2.40. The summed E-state index contributed by atoms with van der Waals surface area (Å²) in [5.74, 6) is 0.742. The first-order valence-corrected chi connectivity index (χ1v) is 7.88. The van der Waals surface area contributed by atoms with Crippen molar-refractivity contribution >= 4 is 5.91 Å². The van der Waals surface area contributed by atoms with Crippen molar-refractivity contribution in [3.8, 4) is 6.07 Å². The molecule has 1 aliphatic rings. The Morgan fingerprint density at radius 3 is 2.32 bits per heavy atom. The highest BCUT2D eigenvalue weighted by Gasteiger charge is 2.36. The summed E-state index contributed by atoms with van der Waals surface area (Å²) >= 11 is 0. The van der Waals surface area contributed by atoms with Crippen molar-refractivity contribution in [2.24, 2.45) is 11.3 Å². The van der Waals surface area contributed by atoms with Gasteiger partial charge in [-0.1, -0.05) is 52.4 Å². The quantitative estimate of drug-likeness (QED) is 0.725. The van der Waals surface area contributed by atoms with Gasteiger partial charge in [0.15, 0.2) is 0 Å². The first kappa shape index (κ1) is 16.0. The maximum Gasteiger partial charge on any atom is 0.240 e. The lowest BCUT2D eigenvalue weighted by atomic mass is 9.79. The SMILES string of the molecule is CCCC(C#N)(CCC)C(=O)NCCC1CCCC1. The fraction of sp³-hybridized carbons (Fsp3) is 0.875. The van der Waals surface area contributed by atoms with Crippen molar-refractivity contribution in [1.29, 1.82) is 5.26 Å². The third-order valence-electron chi connectivity index (χ3n) is 4.32. The average Bonchev–Trinajstić information content (AvgIpc) is 2.91. The largest absolute Gasteiger partial charge is 0.355 e. The van der Waals surface area contributed by atoms with E-state index in [0.717, 1.165) is 31.7 Å². The van der Waals surface area contributed by atoms with Crippen molar-refractivity contribution in [2.75, 3.05) is 6.54 Å². The molecule has 1 saturated carbocycles. The number of nitrogens with one attached hydrogen (secondary N) is 1. The highest BCUT2D eigenvalue weighted by Crippen LogP contribution is 2.30. The molecule has 0 radical (unpaired) electrons. The second-order valence-electron chi connectivity index (χ2n) is 5.89. The van der Waals surface area contributed by atoms with Gasteiger partial charge >= 0.3 is 0 Å². The van der Waals surface area contributed by atoms with Gasteiger partial charge in [0.05, 0.1) is 6.07 Å². The predicted octanol–water partition coefficient (Wildman–Crippen LogP) is 3.79. The predicted molar refractivity (Wildman–Crippen MR) is 77.4 cm³/mol. The second kappa shape index (κ2) is 8.19. The van der Waals surface area contributed by atoms with Gasteiger partial charge in [0.2, 0.25) is 5.91 Å². The molecule has 0 aromatic rings. The van der Waals surface area contributed by atoms with Gasteiger partial charge in [-0.15, -0.1) is 0 Å². The summed E-state index contributed by atoms with van der Waals surface area (Å²) < 4.78 is 0. The van der Waals surface area contributed by atoms with Crippen LogP contribution in [0.15, 0.2) is 0 Å². The molecule has 1 fully saturated rings. The van der Waals surface area contributed by atoms with E-state index in [1.807, 2.05) is 13.8 Å². The Bertz CT molecular complexity index is 307. The monoisotopic (exact) mass is 264 g/mol. The standard InChI is InChI=1S/C16H28N2O/c1-3-10-16(13-17,11-4-2)15(19)18-12-9-14-7-5-6-8-14/h14H,3-12H2,1-2H3,(H,18,19). The van der Waals surface area contributed by atoms with E-state index in [-0.39, 0.29) is 5.91 Å². The Morgan fingerprint density at radius 2 is 1.84 bits per heavy atom. The molecule has 1 N–H and O–H groups in total. The number of hydrogen-bond donors (Lipinski definition) is 1. The number of carbonyl (C=O) groups excluding carboxylic acids is 1. The number of nitriles is 1. The third-order valence-corrected chi connectivity index (χ3v) is 4.32. The first-order chi connectivity index (χ1) is 9.18. The maximum atomic E-state index is 12.3. The molecule has 3 heteroatoms. The number of rotatable bonds is 8. The van der Waals surface area contributed by atoms with Crippen molar-refractivity contribution in [1.82, 2.24) is 5.32 Å². The molecule has 1 aliphatic carbocycles. The molecule has 0 bridgehead atoms. The second-order valence-corrected chi connectivity index (χ2v) is 5.89. The molecule has 0 unspecified atom stereocenters. The molecule has 0 spiro atoms. The van der Waals surface area contributed by atoms with E-state index >= 15 is 0 Å². The van der Waals surface area contributed by atoms with E-state index in [4.69, 9.17) is 0 Å². The van der Waals surface area contributed by atoms with Crippen molar-refractivity contribution in [2.45, 2.75) is 71.6 Å². The van der Waals surface area contributed by atoms with Crippen LogP contribution in [0.1, 0.15) is 71.6 Å². The molecule has 0 saturated heterocycles. The molecule has 0 atom stereocenters. The molecule has 0 aromatic carbocycles. The summed E-state index contributed by atoms with van der Waals surface area (Å²) in [7, 11) is 0. The Hall–Kier alpha value is -1.04. The average molecular weight is 264 g/mol. The number of carbonyl (C=O) groups is 1. The highest BCUT2D eigenvalue weighted by molar-refractivity contribution is 5.85. The summed E-state index contributed by atoms with van der Waals surface area (Å²) in [5, 5.41) is 12.4. The van der Waals surface area contributed by atoms with Gasteiger partial charge in [0, 0.05) is 6.54 Å². The van der Waals surface area contributed by atoms with Crippen molar-refractivity contribution in [3.05, 3.63) is 0 Å². The number of amides is 1. The Labute approximate surface area is 117 Å². The van der Waals surface area contributed by atoms with Crippen LogP contribution < -0.4 is 5.32 Å². The Morgan fingerprint density at radius 1 is 1.26 bits per heavy atom. The van der Waals surface area contributed by atoms with Gasteiger partial charge in [-0.25, -0.2) is 0 Å². The van der Waals surface area contributed by atoms with E-state index in [9.17, 15) is 10.1 Å².